The van der Waals surface area contributed by atoms with Gasteiger partial charge in [-0.25, -0.2) is 4.79 Å². The van der Waals surface area contributed by atoms with Crippen molar-refractivity contribution >= 4 is 5.91 Å². The zero-order valence-corrected chi connectivity index (χ0v) is 14.8. The lowest BCUT2D eigenvalue weighted by atomic mass is 9.92. The number of aromatic amines is 1. The largest absolute Gasteiger partial charge is 0.337 e. The second-order valence-electron chi connectivity index (χ2n) is 6.76. The van der Waals surface area contributed by atoms with E-state index in [0.29, 0.717) is 19.0 Å². The van der Waals surface area contributed by atoms with Crippen molar-refractivity contribution in [2.24, 2.45) is 20.0 Å². The van der Waals surface area contributed by atoms with E-state index in [0.717, 1.165) is 35.1 Å². The highest BCUT2D eigenvalue weighted by Gasteiger charge is 2.27. The van der Waals surface area contributed by atoms with Gasteiger partial charge in [0.05, 0.1) is 6.20 Å². The Bertz CT molecular complexity index is 908. The van der Waals surface area contributed by atoms with Crippen LogP contribution in [-0.4, -0.2) is 43.2 Å². The zero-order chi connectivity index (χ0) is 18.1. The van der Waals surface area contributed by atoms with Crippen LogP contribution in [-0.2, 0) is 20.5 Å². The molecule has 134 valence electrons. The van der Waals surface area contributed by atoms with Crippen LogP contribution in [0.1, 0.15) is 34.6 Å². The minimum Gasteiger partial charge on any atom is -0.337 e. The fraction of sp³-hybridized carbons (Fsp3) is 0.529. The molecule has 8 heteroatoms. The first kappa shape index (κ1) is 17.2. The van der Waals surface area contributed by atoms with Crippen LogP contribution in [0, 0.1) is 12.8 Å². The highest BCUT2D eigenvalue weighted by atomic mass is 16.2. The predicted octanol–water partition coefficient (Wildman–Crippen LogP) is 0.210. The van der Waals surface area contributed by atoms with Crippen LogP contribution in [0.5, 0.6) is 0 Å². The van der Waals surface area contributed by atoms with Gasteiger partial charge in [-0.2, -0.15) is 5.10 Å². The third kappa shape index (κ3) is 3.29. The summed E-state index contributed by atoms with van der Waals surface area (Å²) in [6.07, 6.45) is 4.59. The first-order chi connectivity index (χ1) is 11.9. The van der Waals surface area contributed by atoms with Gasteiger partial charge < -0.3 is 4.90 Å². The maximum atomic E-state index is 12.8. The van der Waals surface area contributed by atoms with Crippen LogP contribution < -0.4 is 11.2 Å². The lowest BCUT2D eigenvalue weighted by molar-refractivity contribution is 0.0660. The van der Waals surface area contributed by atoms with Gasteiger partial charge in [0, 0.05) is 38.9 Å². The van der Waals surface area contributed by atoms with Gasteiger partial charge in [0.25, 0.3) is 11.5 Å². The highest BCUT2D eigenvalue weighted by molar-refractivity contribution is 5.92. The Labute approximate surface area is 145 Å². The van der Waals surface area contributed by atoms with Gasteiger partial charge in [-0.05, 0) is 37.7 Å². The summed E-state index contributed by atoms with van der Waals surface area (Å²) in [7, 11) is 2.92. The lowest BCUT2D eigenvalue weighted by Crippen LogP contribution is -2.45. The normalized spacial score (nSPS) is 17.7. The van der Waals surface area contributed by atoms with Gasteiger partial charge in [0.1, 0.15) is 5.69 Å². The van der Waals surface area contributed by atoms with Gasteiger partial charge in [-0.3, -0.25) is 23.8 Å². The Morgan fingerprint density at radius 2 is 2.08 bits per heavy atom. The molecular formula is C17H23N5O3. The van der Waals surface area contributed by atoms with Crippen molar-refractivity contribution in [1.82, 2.24) is 24.2 Å². The Morgan fingerprint density at radius 1 is 1.32 bits per heavy atom. The fourth-order valence-corrected chi connectivity index (χ4v) is 3.38. The van der Waals surface area contributed by atoms with Gasteiger partial charge in [-0.1, -0.05) is 0 Å². The molecule has 1 aliphatic rings. The minimum atomic E-state index is -0.488. The van der Waals surface area contributed by atoms with Crippen LogP contribution in [0.15, 0.2) is 21.9 Å². The Morgan fingerprint density at radius 3 is 2.76 bits per heavy atom. The molecule has 2 aromatic heterocycles. The number of carbonyl (C=O) groups excluding carboxylic acids is 1. The van der Waals surface area contributed by atoms with Crippen LogP contribution >= 0.6 is 0 Å². The molecule has 1 aliphatic heterocycles. The van der Waals surface area contributed by atoms with Crippen LogP contribution in [0.2, 0.25) is 0 Å². The summed E-state index contributed by atoms with van der Waals surface area (Å²) in [5.74, 6) is 0.0729. The molecule has 2 aromatic rings. The van der Waals surface area contributed by atoms with E-state index in [4.69, 9.17) is 0 Å². The van der Waals surface area contributed by atoms with Crippen molar-refractivity contribution in [1.29, 1.82) is 0 Å². The second kappa shape index (κ2) is 6.70. The molecule has 1 amide bonds. The van der Waals surface area contributed by atoms with Crippen molar-refractivity contribution in [3.63, 3.8) is 0 Å². The van der Waals surface area contributed by atoms with Crippen LogP contribution in [0.4, 0.5) is 0 Å². The van der Waals surface area contributed by atoms with Gasteiger partial charge in [0.2, 0.25) is 0 Å². The minimum absolute atomic E-state index is 0.145. The molecule has 3 rings (SSSR count). The standard InChI is InChI=1S/C17H23N5O3/c1-11-9-18-19-13(11)7-12-5-4-6-22(10-12)16(24)14-8-15(23)21(3)17(25)20(14)2/h8-9,12H,4-7,10H2,1-3H3,(H,18,19)/t12-/m1/s1. The van der Waals surface area contributed by atoms with E-state index in [1.807, 2.05) is 6.92 Å². The molecule has 0 aromatic carbocycles. The quantitative estimate of drug-likeness (QED) is 0.861. The van der Waals surface area contributed by atoms with E-state index in [-0.39, 0.29) is 11.6 Å². The number of amides is 1. The average molecular weight is 345 g/mol. The summed E-state index contributed by atoms with van der Waals surface area (Å²) in [5.41, 5.74) is 1.41. The van der Waals surface area contributed by atoms with Crippen molar-refractivity contribution in [3.05, 3.63) is 50.1 Å². The average Bonchev–Trinajstić information content (AvgIpc) is 3.00. The maximum Gasteiger partial charge on any atom is 0.331 e. The van der Waals surface area contributed by atoms with E-state index < -0.39 is 11.2 Å². The third-order valence-corrected chi connectivity index (χ3v) is 4.98. The van der Waals surface area contributed by atoms with Crippen molar-refractivity contribution in [2.75, 3.05) is 13.1 Å². The van der Waals surface area contributed by atoms with Gasteiger partial charge in [0.15, 0.2) is 0 Å². The topological polar surface area (TPSA) is 93.0 Å². The number of nitrogens with zero attached hydrogens (tertiary/aromatic N) is 4. The molecule has 8 nitrogen and oxygen atoms in total. The zero-order valence-electron chi connectivity index (χ0n) is 14.8. The van der Waals surface area contributed by atoms with Crippen LogP contribution in [0.25, 0.3) is 0 Å². The Hall–Kier alpha value is -2.64. The Balaban J connectivity index is 1.80. The Kier molecular flexibility index (Phi) is 4.61. The summed E-state index contributed by atoms with van der Waals surface area (Å²) in [6, 6.07) is 1.24. The number of hydrogen-bond acceptors (Lipinski definition) is 4. The first-order valence-corrected chi connectivity index (χ1v) is 8.43. The lowest BCUT2D eigenvalue weighted by Gasteiger charge is -2.33. The molecule has 0 radical (unpaired) electrons. The fourth-order valence-electron chi connectivity index (χ4n) is 3.38. The molecule has 25 heavy (non-hydrogen) atoms. The SMILES string of the molecule is Cc1cn[nH]c1C[C@H]1CCCN(C(=O)c2cc(=O)n(C)c(=O)n2C)C1. The molecule has 1 N–H and O–H groups in total. The number of hydrogen-bond donors (Lipinski definition) is 1. The summed E-state index contributed by atoms with van der Waals surface area (Å²) in [5, 5.41) is 7.06. The predicted molar refractivity (Wildman–Crippen MR) is 92.6 cm³/mol. The summed E-state index contributed by atoms with van der Waals surface area (Å²) in [4.78, 5) is 38.5. The number of aryl methyl sites for hydroxylation is 1. The molecule has 3 heterocycles. The number of rotatable bonds is 3. The smallest absolute Gasteiger partial charge is 0.331 e. The number of piperidine rings is 1. The summed E-state index contributed by atoms with van der Waals surface area (Å²) in [6.45, 7) is 3.27. The second-order valence-corrected chi connectivity index (χ2v) is 6.76. The van der Waals surface area contributed by atoms with Gasteiger partial charge >= 0.3 is 5.69 Å². The number of likely N-dealkylation sites (tertiary alicyclic amines) is 1. The van der Waals surface area contributed by atoms with Crippen molar-refractivity contribution in [2.45, 2.75) is 26.2 Å². The molecule has 0 saturated carbocycles. The molecule has 0 spiro atoms. The number of carbonyl (C=O) groups is 1. The summed E-state index contributed by atoms with van der Waals surface area (Å²) < 4.78 is 2.24. The number of H-pyrrole nitrogens is 1. The first-order valence-electron chi connectivity index (χ1n) is 8.43. The molecule has 1 saturated heterocycles. The maximum absolute atomic E-state index is 12.8. The summed E-state index contributed by atoms with van der Waals surface area (Å²) >= 11 is 0. The van der Waals surface area contributed by atoms with E-state index >= 15 is 0 Å². The highest BCUT2D eigenvalue weighted by Crippen LogP contribution is 2.22. The third-order valence-electron chi connectivity index (χ3n) is 4.98. The van der Waals surface area contributed by atoms with E-state index in [2.05, 4.69) is 10.2 Å². The molecule has 1 atom stereocenters. The van der Waals surface area contributed by atoms with E-state index in [1.165, 1.54) is 24.7 Å². The van der Waals surface area contributed by atoms with Crippen molar-refractivity contribution in [3.8, 4) is 0 Å². The molecule has 0 aliphatic carbocycles. The molecule has 0 unspecified atom stereocenters. The monoisotopic (exact) mass is 345 g/mol. The number of nitrogens with one attached hydrogen (secondary N) is 1. The van der Waals surface area contributed by atoms with Gasteiger partial charge in [-0.15, -0.1) is 0 Å². The molecule has 0 bridgehead atoms. The number of aromatic nitrogens is 4. The molecular weight excluding hydrogens is 322 g/mol. The molecule has 1 fully saturated rings. The van der Waals surface area contributed by atoms with Crippen LogP contribution in [0.3, 0.4) is 0 Å². The van der Waals surface area contributed by atoms with E-state index in [9.17, 15) is 14.4 Å². The van der Waals surface area contributed by atoms with Crippen molar-refractivity contribution < 1.29 is 4.79 Å². The van der Waals surface area contributed by atoms with E-state index in [1.54, 1.807) is 11.1 Å².